The van der Waals surface area contributed by atoms with Gasteiger partial charge in [0.15, 0.2) is 9.84 Å². The van der Waals surface area contributed by atoms with E-state index in [0.717, 1.165) is 17.4 Å². The second-order valence-electron chi connectivity index (χ2n) is 4.10. The van der Waals surface area contributed by atoms with Crippen LogP contribution < -0.4 is 5.73 Å². The Morgan fingerprint density at radius 3 is 2.21 bits per heavy atom. The molecule has 3 nitrogen and oxygen atoms in total. The van der Waals surface area contributed by atoms with Gasteiger partial charge in [-0.3, -0.25) is 0 Å². The Morgan fingerprint density at radius 1 is 1.21 bits per heavy atom. The zero-order valence-electron chi connectivity index (χ0n) is 9.93. The quantitative estimate of drug-likeness (QED) is 0.933. The standard InChI is InChI=1S/C12H11Cl2NO2S2/c1-19(16,17)8-4-2-7(3-5-8)11(15)9-6-10(13)18-12(9)14/h2-6,11H,15H2,1H3. The van der Waals surface area contributed by atoms with Crippen molar-refractivity contribution in [1.29, 1.82) is 0 Å². The molecule has 0 aliphatic rings. The fraction of sp³-hybridized carbons (Fsp3) is 0.167. The highest BCUT2D eigenvalue weighted by Crippen LogP contribution is 2.36. The molecule has 7 heteroatoms. The Labute approximate surface area is 125 Å². The van der Waals surface area contributed by atoms with Crippen molar-refractivity contribution >= 4 is 44.4 Å². The van der Waals surface area contributed by atoms with Gasteiger partial charge in [-0.15, -0.1) is 11.3 Å². The molecule has 19 heavy (non-hydrogen) atoms. The van der Waals surface area contributed by atoms with Gasteiger partial charge in [0.1, 0.15) is 0 Å². The van der Waals surface area contributed by atoms with Crippen molar-refractivity contribution in [2.45, 2.75) is 10.9 Å². The molecule has 0 saturated heterocycles. The first-order valence-electron chi connectivity index (χ1n) is 5.29. The minimum Gasteiger partial charge on any atom is -0.320 e. The van der Waals surface area contributed by atoms with Gasteiger partial charge in [-0.1, -0.05) is 35.3 Å². The fourth-order valence-corrected chi connectivity index (χ4v) is 3.85. The van der Waals surface area contributed by atoms with Crippen molar-refractivity contribution in [2.75, 3.05) is 6.26 Å². The maximum atomic E-state index is 11.4. The Bertz CT molecular complexity index is 693. The first-order chi connectivity index (χ1) is 8.79. The van der Waals surface area contributed by atoms with Crippen LogP contribution in [0, 0.1) is 0 Å². The van der Waals surface area contributed by atoms with Crippen LogP contribution >= 0.6 is 34.5 Å². The molecular weight excluding hydrogens is 325 g/mol. The third-order valence-electron chi connectivity index (χ3n) is 2.69. The van der Waals surface area contributed by atoms with Crippen molar-refractivity contribution < 1.29 is 8.42 Å². The van der Waals surface area contributed by atoms with Gasteiger partial charge in [0.2, 0.25) is 0 Å². The van der Waals surface area contributed by atoms with E-state index in [1.54, 1.807) is 18.2 Å². The van der Waals surface area contributed by atoms with Crippen LogP contribution in [0.2, 0.25) is 8.67 Å². The summed E-state index contributed by atoms with van der Waals surface area (Å²) in [6.07, 6.45) is 1.16. The molecule has 2 rings (SSSR count). The summed E-state index contributed by atoms with van der Waals surface area (Å²) >= 11 is 13.2. The van der Waals surface area contributed by atoms with Crippen molar-refractivity contribution in [3.8, 4) is 0 Å². The van der Waals surface area contributed by atoms with Crippen LogP contribution in [-0.2, 0) is 9.84 Å². The van der Waals surface area contributed by atoms with Gasteiger partial charge in [-0.2, -0.15) is 0 Å². The summed E-state index contributed by atoms with van der Waals surface area (Å²) in [7, 11) is -3.20. The van der Waals surface area contributed by atoms with E-state index in [1.165, 1.54) is 23.5 Å². The number of rotatable bonds is 3. The summed E-state index contributed by atoms with van der Waals surface area (Å²) in [6, 6.07) is 7.74. The molecule has 0 saturated carbocycles. The van der Waals surface area contributed by atoms with E-state index in [1.807, 2.05) is 0 Å². The molecule has 1 aromatic carbocycles. The van der Waals surface area contributed by atoms with E-state index in [-0.39, 0.29) is 4.90 Å². The van der Waals surface area contributed by atoms with Crippen LogP contribution in [0.1, 0.15) is 17.2 Å². The number of hydrogen-bond donors (Lipinski definition) is 1. The summed E-state index contributed by atoms with van der Waals surface area (Å²) in [5.41, 5.74) is 7.62. The molecule has 1 aromatic heterocycles. The van der Waals surface area contributed by atoms with Crippen LogP contribution in [-0.4, -0.2) is 14.7 Å². The van der Waals surface area contributed by atoms with Crippen LogP contribution in [0.4, 0.5) is 0 Å². The molecule has 0 aliphatic heterocycles. The predicted molar refractivity (Wildman–Crippen MR) is 79.9 cm³/mol. The Hall–Kier alpha value is -0.590. The molecule has 1 atom stereocenters. The number of thiophene rings is 1. The molecule has 0 amide bonds. The lowest BCUT2D eigenvalue weighted by molar-refractivity contribution is 0.602. The topological polar surface area (TPSA) is 60.2 Å². The van der Waals surface area contributed by atoms with Gasteiger partial charge in [0.05, 0.1) is 19.6 Å². The van der Waals surface area contributed by atoms with Crippen molar-refractivity contribution in [3.63, 3.8) is 0 Å². The third kappa shape index (κ3) is 3.30. The number of hydrogen-bond acceptors (Lipinski definition) is 4. The molecule has 1 unspecified atom stereocenters. The van der Waals surface area contributed by atoms with Gasteiger partial charge in [-0.05, 0) is 23.8 Å². The molecular formula is C12H11Cl2NO2S2. The Morgan fingerprint density at radius 2 is 1.79 bits per heavy atom. The normalized spacial score (nSPS) is 13.5. The smallest absolute Gasteiger partial charge is 0.175 e. The lowest BCUT2D eigenvalue weighted by Crippen LogP contribution is -2.11. The summed E-state index contributed by atoms with van der Waals surface area (Å²) in [5, 5.41) is 0. The SMILES string of the molecule is CS(=O)(=O)c1ccc(C(N)c2cc(Cl)sc2Cl)cc1. The number of sulfone groups is 1. The van der Waals surface area contributed by atoms with Crippen molar-refractivity contribution in [1.82, 2.24) is 0 Å². The first kappa shape index (κ1) is 14.8. The van der Waals surface area contributed by atoms with Gasteiger partial charge in [0.25, 0.3) is 0 Å². The number of halogens is 2. The third-order valence-corrected chi connectivity index (χ3v) is 5.33. The second-order valence-corrected chi connectivity index (χ2v) is 8.40. The van der Waals surface area contributed by atoms with E-state index >= 15 is 0 Å². The fourth-order valence-electron chi connectivity index (χ4n) is 1.67. The second kappa shape index (κ2) is 5.42. The molecule has 0 bridgehead atoms. The van der Waals surface area contributed by atoms with Crippen LogP contribution in [0.15, 0.2) is 35.2 Å². The monoisotopic (exact) mass is 335 g/mol. The Kier molecular flexibility index (Phi) is 4.23. The number of nitrogens with two attached hydrogens (primary N) is 1. The maximum Gasteiger partial charge on any atom is 0.175 e. The lowest BCUT2D eigenvalue weighted by atomic mass is 10.0. The molecule has 0 fully saturated rings. The molecule has 0 spiro atoms. The summed E-state index contributed by atoms with van der Waals surface area (Å²) in [5.74, 6) is 0. The van der Waals surface area contributed by atoms with E-state index in [2.05, 4.69) is 0 Å². The predicted octanol–water partition coefficient (Wildman–Crippen LogP) is 3.51. The van der Waals surface area contributed by atoms with Gasteiger partial charge in [0, 0.05) is 11.8 Å². The summed E-state index contributed by atoms with van der Waals surface area (Å²) in [4.78, 5) is 0.262. The molecule has 1 heterocycles. The largest absolute Gasteiger partial charge is 0.320 e. The van der Waals surface area contributed by atoms with Gasteiger partial charge >= 0.3 is 0 Å². The Balaban J connectivity index is 2.35. The highest BCUT2D eigenvalue weighted by atomic mass is 35.5. The average Bonchev–Trinajstić information content (AvgIpc) is 2.66. The summed E-state index contributed by atoms with van der Waals surface area (Å²) < 4.78 is 23.9. The summed E-state index contributed by atoms with van der Waals surface area (Å²) in [6.45, 7) is 0. The van der Waals surface area contributed by atoms with Crippen LogP contribution in [0.25, 0.3) is 0 Å². The number of benzene rings is 1. The van der Waals surface area contributed by atoms with Crippen molar-refractivity contribution in [2.24, 2.45) is 5.73 Å². The maximum absolute atomic E-state index is 11.4. The minimum absolute atomic E-state index is 0.262. The van der Waals surface area contributed by atoms with Crippen LogP contribution in [0.3, 0.4) is 0 Å². The zero-order chi connectivity index (χ0) is 14.2. The molecule has 0 aliphatic carbocycles. The van der Waals surface area contributed by atoms with Crippen molar-refractivity contribution in [3.05, 3.63) is 50.1 Å². The molecule has 102 valence electrons. The highest BCUT2D eigenvalue weighted by molar-refractivity contribution is 7.90. The molecule has 2 N–H and O–H groups in total. The molecule has 2 aromatic rings. The minimum atomic E-state index is -3.20. The van der Waals surface area contributed by atoms with Crippen LogP contribution in [0.5, 0.6) is 0 Å². The van der Waals surface area contributed by atoms with Gasteiger partial charge in [-0.25, -0.2) is 8.42 Å². The zero-order valence-corrected chi connectivity index (χ0v) is 13.1. The highest BCUT2D eigenvalue weighted by Gasteiger charge is 2.16. The lowest BCUT2D eigenvalue weighted by Gasteiger charge is -2.11. The van der Waals surface area contributed by atoms with E-state index in [9.17, 15) is 8.42 Å². The van der Waals surface area contributed by atoms with E-state index < -0.39 is 15.9 Å². The molecule has 0 radical (unpaired) electrons. The average molecular weight is 336 g/mol. The van der Waals surface area contributed by atoms with E-state index in [0.29, 0.717) is 8.67 Å². The van der Waals surface area contributed by atoms with E-state index in [4.69, 9.17) is 28.9 Å². The first-order valence-corrected chi connectivity index (χ1v) is 8.76. The van der Waals surface area contributed by atoms with Gasteiger partial charge < -0.3 is 5.73 Å².